The Labute approximate surface area is 142 Å². The van der Waals surface area contributed by atoms with Crippen molar-refractivity contribution in [2.45, 2.75) is 40.3 Å². The van der Waals surface area contributed by atoms with Crippen LogP contribution in [0.4, 0.5) is 10.5 Å². The number of nitrogens with one attached hydrogen (secondary N) is 3. The number of carbonyl (C=O) groups is 3. The van der Waals surface area contributed by atoms with Crippen LogP contribution >= 0.6 is 0 Å². The summed E-state index contributed by atoms with van der Waals surface area (Å²) in [7, 11) is 0. The Morgan fingerprint density at radius 1 is 1.00 bits per heavy atom. The standard InChI is InChI=1S/C17H26N4O3/c1-10(2)14(21-17(18)24)16(23)19-9-12-5-7-13(8-6-12)20-15(22)11(3)4/h5-8,10-11,14H,9H2,1-4H3,(H,19,23)(H,20,22)(H3,18,21,24). The van der Waals surface area contributed by atoms with Gasteiger partial charge in [0.15, 0.2) is 0 Å². The molecule has 132 valence electrons. The average Bonchev–Trinajstić information content (AvgIpc) is 2.51. The molecule has 0 saturated carbocycles. The lowest BCUT2D eigenvalue weighted by molar-refractivity contribution is -0.124. The lowest BCUT2D eigenvalue weighted by atomic mass is 10.0. The van der Waals surface area contributed by atoms with Gasteiger partial charge in [-0.15, -0.1) is 0 Å². The molecule has 0 aliphatic heterocycles. The summed E-state index contributed by atoms with van der Waals surface area (Å²) in [6.07, 6.45) is 0. The van der Waals surface area contributed by atoms with Crippen LogP contribution in [0.2, 0.25) is 0 Å². The van der Waals surface area contributed by atoms with Crippen LogP contribution in [0.25, 0.3) is 0 Å². The highest BCUT2D eigenvalue weighted by Gasteiger charge is 2.22. The summed E-state index contributed by atoms with van der Waals surface area (Å²) < 4.78 is 0. The zero-order valence-electron chi connectivity index (χ0n) is 14.6. The van der Waals surface area contributed by atoms with Crippen molar-refractivity contribution in [1.82, 2.24) is 10.6 Å². The predicted molar refractivity (Wildman–Crippen MR) is 93.1 cm³/mol. The molecule has 24 heavy (non-hydrogen) atoms. The first kappa shape index (κ1) is 19.5. The van der Waals surface area contributed by atoms with Crippen LogP contribution < -0.4 is 21.7 Å². The summed E-state index contributed by atoms with van der Waals surface area (Å²) in [5.74, 6) is -0.504. The Kier molecular flexibility index (Phi) is 7.23. The van der Waals surface area contributed by atoms with E-state index in [0.717, 1.165) is 5.56 Å². The van der Waals surface area contributed by atoms with Crippen molar-refractivity contribution in [3.63, 3.8) is 0 Å². The van der Waals surface area contributed by atoms with E-state index < -0.39 is 12.1 Å². The van der Waals surface area contributed by atoms with Gasteiger partial charge < -0.3 is 21.7 Å². The molecule has 7 nitrogen and oxygen atoms in total. The van der Waals surface area contributed by atoms with Crippen molar-refractivity contribution in [3.8, 4) is 0 Å². The Morgan fingerprint density at radius 2 is 1.58 bits per heavy atom. The van der Waals surface area contributed by atoms with Gasteiger partial charge in [0.25, 0.3) is 0 Å². The SMILES string of the molecule is CC(C)C(=O)Nc1ccc(CNC(=O)C(NC(N)=O)C(C)C)cc1. The van der Waals surface area contributed by atoms with Crippen LogP contribution in [0.3, 0.4) is 0 Å². The molecule has 5 N–H and O–H groups in total. The molecule has 0 heterocycles. The molecule has 1 aromatic rings. The predicted octanol–water partition coefficient (Wildman–Crippen LogP) is 1.59. The minimum Gasteiger partial charge on any atom is -0.352 e. The lowest BCUT2D eigenvalue weighted by Crippen LogP contribution is -2.51. The van der Waals surface area contributed by atoms with Gasteiger partial charge in [-0.3, -0.25) is 9.59 Å². The van der Waals surface area contributed by atoms with Gasteiger partial charge in [-0.25, -0.2) is 4.79 Å². The maximum absolute atomic E-state index is 12.1. The molecular formula is C17H26N4O3. The summed E-state index contributed by atoms with van der Waals surface area (Å²) in [5.41, 5.74) is 6.68. The van der Waals surface area contributed by atoms with Crippen molar-refractivity contribution in [3.05, 3.63) is 29.8 Å². The number of hydrogen-bond acceptors (Lipinski definition) is 3. The Bertz CT molecular complexity index is 582. The van der Waals surface area contributed by atoms with E-state index in [1.165, 1.54) is 0 Å². The van der Waals surface area contributed by atoms with Crippen LogP contribution in [0.1, 0.15) is 33.3 Å². The van der Waals surface area contributed by atoms with Crippen molar-refractivity contribution >= 4 is 23.5 Å². The topological polar surface area (TPSA) is 113 Å². The maximum atomic E-state index is 12.1. The molecule has 0 fully saturated rings. The molecule has 0 spiro atoms. The van der Waals surface area contributed by atoms with Gasteiger partial charge in [-0.2, -0.15) is 0 Å². The summed E-state index contributed by atoms with van der Waals surface area (Å²) in [6, 6.07) is 5.80. The first-order valence-electron chi connectivity index (χ1n) is 7.94. The smallest absolute Gasteiger partial charge is 0.312 e. The molecule has 7 heteroatoms. The molecule has 0 aromatic heterocycles. The molecule has 1 aromatic carbocycles. The number of benzene rings is 1. The van der Waals surface area contributed by atoms with Crippen LogP contribution in [-0.2, 0) is 16.1 Å². The number of anilines is 1. The van der Waals surface area contributed by atoms with Gasteiger partial charge in [0.05, 0.1) is 0 Å². The summed E-state index contributed by atoms with van der Waals surface area (Å²) in [6.45, 7) is 7.62. The van der Waals surface area contributed by atoms with E-state index in [0.29, 0.717) is 12.2 Å². The van der Waals surface area contributed by atoms with Gasteiger partial charge in [0.2, 0.25) is 11.8 Å². The number of primary amides is 1. The van der Waals surface area contributed by atoms with Crippen molar-refractivity contribution in [2.75, 3.05) is 5.32 Å². The Hall–Kier alpha value is -2.57. The second-order valence-corrected chi connectivity index (χ2v) is 6.29. The molecule has 0 bridgehead atoms. The van der Waals surface area contributed by atoms with E-state index in [-0.39, 0.29) is 23.7 Å². The van der Waals surface area contributed by atoms with Gasteiger partial charge in [-0.1, -0.05) is 39.8 Å². The molecule has 0 saturated heterocycles. The fourth-order valence-electron chi connectivity index (χ4n) is 1.98. The first-order chi connectivity index (χ1) is 11.2. The van der Waals surface area contributed by atoms with Crippen LogP contribution in [0.5, 0.6) is 0 Å². The average molecular weight is 334 g/mol. The number of rotatable bonds is 7. The summed E-state index contributed by atoms with van der Waals surface area (Å²) in [5, 5.41) is 8.00. The highest BCUT2D eigenvalue weighted by atomic mass is 16.2. The van der Waals surface area contributed by atoms with Crippen LogP contribution in [-0.4, -0.2) is 23.9 Å². The Morgan fingerprint density at radius 3 is 2.04 bits per heavy atom. The molecule has 1 atom stereocenters. The minimum absolute atomic E-state index is 0.0478. The fourth-order valence-corrected chi connectivity index (χ4v) is 1.98. The largest absolute Gasteiger partial charge is 0.352 e. The van der Waals surface area contributed by atoms with E-state index in [2.05, 4.69) is 16.0 Å². The summed E-state index contributed by atoms with van der Waals surface area (Å²) in [4.78, 5) is 34.7. The monoisotopic (exact) mass is 334 g/mol. The molecule has 0 radical (unpaired) electrons. The number of amides is 4. The fraction of sp³-hybridized carbons (Fsp3) is 0.471. The van der Waals surface area contributed by atoms with Crippen molar-refractivity contribution < 1.29 is 14.4 Å². The Balaban J connectivity index is 2.59. The van der Waals surface area contributed by atoms with E-state index in [4.69, 9.17) is 5.73 Å². The molecule has 1 rings (SSSR count). The van der Waals surface area contributed by atoms with E-state index in [1.807, 2.05) is 39.8 Å². The van der Waals surface area contributed by atoms with Gasteiger partial charge >= 0.3 is 6.03 Å². The number of nitrogens with two attached hydrogens (primary N) is 1. The van der Waals surface area contributed by atoms with Gasteiger partial charge in [0.1, 0.15) is 6.04 Å². The molecular weight excluding hydrogens is 308 g/mol. The second kappa shape index (κ2) is 8.90. The molecule has 0 aliphatic carbocycles. The zero-order chi connectivity index (χ0) is 18.3. The third kappa shape index (κ3) is 6.28. The van der Waals surface area contributed by atoms with E-state index in [1.54, 1.807) is 12.1 Å². The van der Waals surface area contributed by atoms with Crippen molar-refractivity contribution in [2.24, 2.45) is 17.6 Å². The van der Waals surface area contributed by atoms with Crippen LogP contribution in [0, 0.1) is 11.8 Å². The van der Waals surface area contributed by atoms with E-state index >= 15 is 0 Å². The lowest BCUT2D eigenvalue weighted by Gasteiger charge is -2.20. The minimum atomic E-state index is -0.728. The highest BCUT2D eigenvalue weighted by Crippen LogP contribution is 2.11. The zero-order valence-corrected chi connectivity index (χ0v) is 14.6. The quantitative estimate of drug-likeness (QED) is 0.607. The number of hydrogen-bond donors (Lipinski definition) is 4. The molecule has 4 amide bonds. The third-order valence-electron chi connectivity index (χ3n) is 3.46. The third-order valence-corrected chi connectivity index (χ3v) is 3.46. The normalized spacial score (nSPS) is 11.9. The number of carbonyl (C=O) groups excluding carboxylic acids is 3. The first-order valence-corrected chi connectivity index (χ1v) is 7.94. The molecule has 0 aliphatic rings. The number of urea groups is 1. The molecule has 1 unspecified atom stereocenters. The van der Waals surface area contributed by atoms with E-state index in [9.17, 15) is 14.4 Å². The van der Waals surface area contributed by atoms with Gasteiger partial charge in [-0.05, 0) is 23.6 Å². The summed E-state index contributed by atoms with van der Waals surface area (Å²) >= 11 is 0. The highest BCUT2D eigenvalue weighted by molar-refractivity contribution is 5.92. The second-order valence-electron chi connectivity index (χ2n) is 6.29. The van der Waals surface area contributed by atoms with Crippen LogP contribution in [0.15, 0.2) is 24.3 Å². The van der Waals surface area contributed by atoms with Crippen molar-refractivity contribution in [1.29, 1.82) is 0 Å². The maximum Gasteiger partial charge on any atom is 0.312 e. The van der Waals surface area contributed by atoms with Gasteiger partial charge in [0, 0.05) is 18.2 Å².